The molecule has 0 fully saturated rings. The van der Waals surface area contributed by atoms with Crippen LogP contribution in [-0.2, 0) is 12.8 Å². The van der Waals surface area contributed by atoms with E-state index in [4.69, 9.17) is 11.6 Å². The Labute approximate surface area is 117 Å². The Morgan fingerprint density at radius 3 is 2.42 bits per heavy atom. The molecule has 0 heterocycles. The van der Waals surface area contributed by atoms with E-state index in [1.54, 1.807) is 12.1 Å². The highest BCUT2D eigenvalue weighted by molar-refractivity contribution is 6.30. The highest BCUT2D eigenvalue weighted by atomic mass is 35.5. The summed E-state index contributed by atoms with van der Waals surface area (Å²) in [4.78, 5) is 0. The van der Waals surface area contributed by atoms with E-state index in [0.717, 1.165) is 5.56 Å². The molecule has 1 atom stereocenters. The number of hydrogen-bond acceptors (Lipinski definition) is 1. The van der Waals surface area contributed by atoms with Crippen LogP contribution >= 0.6 is 11.6 Å². The molecule has 1 N–H and O–H groups in total. The second-order valence-corrected chi connectivity index (χ2v) is 5.22. The Balaban J connectivity index is 2.01. The summed E-state index contributed by atoms with van der Waals surface area (Å²) in [6.07, 6.45) is 0.206. The van der Waals surface area contributed by atoms with E-state index in [-0.39, 0.29) is 12.2 Å². The summed E-state index contributed by atoms with van der Waals surface area (Å²) in [6.45, 7) is 2.02. The fraction of sp³-hybridized carbons (Fsp3) is 0.250. The van der Waals surface area contributed by atoms with E-state index < -0.39 is 6.10 Å². The number of aryl methyl sites for hydroxylation is 1. The summed E-state index contributed by atoms with van der Waals surface area (Å²) >= 11 is 5.70. The zero-order valence-corrected chi connectivity index (χ0v) is 11.5. The Kier molecular flexibility index (Phi) is 4.56. The van der Waals surface area contributed by atoms with Crippen molar-refractivity contribution in [3.8, 4) is 0 Å². The molecule has 0 saturated carbocycles. The number of hydrogen-bond donors (Lipinski definition) is 1. The molecule has 0 bridgehead atoms. The van der Waals surface area contributed by atoms with Crippen molar-refractivity contribution >= 4 is 11.6 Å². The van der Waals surface area contributed by atoms with E-state index >= 15 is 0 Å². The van der Waals surface area contributed by atoms with Gasteiger partial charge >= 0.3 is 0 Å². The van der Waals surface area contributed by atoms with Gasteiger partial charge in [-0.2, -0.15) is 0 Å². The topological polar surface area (TPSA) is 20.2 Å². The van der Waals surface area contributed by atoms with Crippen LogP contribution in [0.1, 0.15) is 16.7 Å². The van der Waals surface area contributed by atoms with Gasteiger partial charge in [-0.05, 0) is 36.6 Å². The van der Waals surface area contributed by atoms with Crippen LogP contribution in [0.4, 0.5) is 4.39 Å². The molecule has 2 aromatic rings. The van der Waals surface area contributed by atoms with Gasteiger partial charge in [-0.3, -0.25) is 0 Å². The van der Waals surface area contributed by atoms with Gasteiger partial charge in [0.1, 0.15) is 5.82 Å². The SMILES string of the molecule is Cc1ccc(CC(O)Cc2ccc(Cl)cc2F)cc1. The van der Waals surface area contributed by atoms with Gasteiger partial charge in [0.2, 0.25) is 0 Å². The van der Waals surface area contributed by atoms with Gasteiger partial charge in [-0.15, -0.1) is 0 Å². The smallest absolute Gasteiger partial charge is 0.127 e. The molecule has 2 aromatic carbocycles. The third-order valence-corrected chi connectivity index (χ3v) is 3.30. The molecule has 1 unspecified atom stereocenters. The molecule has 1 nitrogen and oxygen atoms in total. The molecule has 0 aromatic heterocycles. The maximum absolute atomic E-state index is 13.6. The van der Waals surface area contributed by atoms with Crippen LogP contribution in [0.2, 0.25) is 5.02 Å². The van der Waals surface area contributed by atoms with E-state index in [9.17, 15) is 9.50 Å². The van der Waals surface area contributed by atoms with Crippen LogP contribution < -0.4 is 0 Å². The predicted octanol–water partition coefficient (Wildman–Crippen LogP) is 3.93. The van der Waals surface area contributed by atoms with Crippen molar-refractivity contribution in [2.24, 2.45) is 0 Å². The molecular weight excluding hydrogens is 263 g/mol. The molecule has 0 aliphatic heterocycles. The van der Waals surface area contributed by atoms with E-state index in [1.807, 2.05) is 31.2 Å². The first-order chi connectivity index (χ1) is 9.04. The number of aliphatic hydroxyl groups is 1. The lowest BCUT2D eigenvalue weighted by molar-refractivity contribution is 0.174. The number of halogens is 2. The normalized spacial score (nSPS) is 12.4. The minimum atomic E-state index is -0.599. The molecule has 0 radical (unpaired) electrons. The average Bonchev–Trinajstić information content (AvgIpc) is 2.36. The molecule has 0 aliphatic rings. The van der Waals surface area contributed by atoms with Crippen LogP contribution in [0.5, 0.6) is 0 Å². The summed E-state index contributed by atoms with van der Waals surface area (Å²) in [5.74, 6) is -0.365. The maximum atomic E-state index is 13.6. The van der Waals surface area contributed by atoms with Gasteiger partial charge in [-0.1, -0.05) is 47.5 Å². The minimum Gasteiger partial charge on any atom is -0.392 e. The van der Waals surface area contributed by atoms with Crippen LogP contribution in [-0.4, -0.2) is 11.2 Å². The Bertz CT molecular complexity index is 551. The van der Waals surface area contributed by atoms with Crippen molar-refractivity contribution in [2.75, 3.05) is 0 Å². The number of benzene rings is 2. The van der Waals surface area contributed by atoms with Crippen molar-refractivity contribution in [2.45, 2.75) is 25.9 Å². The number of aliphatic hydroxyl groups excluding tert-OH is 1. The monoisotopic (exact) mass is 278 g/mol. The lowest BCUT2D eigenvalue weighted by Crippen LogP contribution is -2.14. The second-order valence-electron chi connectivity index (χ2n) is 4.78. The van der Waals surface area contributed by atoms with Crippen LogP contribution in [0.3, 0.4) is 0 Å². The average molecular weight is 279 g/mol. The molecule has 3 heteroatoms. The largest absolute Gasteiger partial charge is 0.392 e. The first-order valence-electron chi connectivity index (χ1n) is 6.22. The zero-order chi connectivity index (χ0) is 13.8. The zero-order valence-electron chi connectivity index (χ0n) is 10.7. The molecule has 0 spiro atoms. The van der Waals surface area contributed by atoms with Gasteiger partial charge < -0.3 is 5.11 Å². The van der Waals surface area contributed by atoms with Gasteiger partial charge in [0.25, 0.3) is 0 Å². The van der Waals surface area contributed by atoms with Crippen molar-refractivity contribution in [3.05, 3.63) is 70.0 Å². The highest BCUT2D eigenvalue weighted by Crippen LogP contribution is 2.17. The van der Waals surface area contributed by atoms with Crippen molar-refractivity contribution in [3.63, 3.8) is 0 Å². The molecule has 0 saturated heterocycles. The highest BCUT2D eigenvalue weighted by Gasteiger charge is 2.10. The molecule has 100 valence electrons. The summed E-state index contributed by atoms with van der Waals surface area (Å²) < 4.78 is 13.6. The fourth-order valence-corrected chi connectivity index (χ4v) is 2.17. The standard InChI is InChI=1S/C16H16ClFO/c1-11-2-4-12(5-3-11)8-15(19)9-13-6-7-14(17)10-16(13)18/h2-7,10,15,19H,8-9H2,1H3. The lowest BCUT2D eigenvalue weighted by atomic mass is 10.0. The van der Waals surface area contributed by atoms with Crippen molar-refractivity contribution in [1.82, 2.24) is 0 Å². The third-order valence-electron chi connectivity index (χ3n) is 3.06. The first-order valence-corrected chi connectivity index (χ1v) is 6.60. The fourth-order valence-electron chi connectivity index (χ4n) is 2.01. The van der Waals surface area contributed by atoms with Crippen LogP contribution in [0, 0.1) is 12.7 Å². The molecule has 0 aliphatic carbocycles. The van der Waals surface area contributed by atoms with Crippen LogP contribution in [0.25, 0.3) is 0 Å². The van der Waals surface area contributed by atoms with Crippen molar-refractivity contribution < 1.29 is 9.50 Å². The molecule has 0 amide bonds. The molecule has 2 rings (SSSR count). The summed E-state index contributed by atoms with van der Waals surface area (Å²) in [6, 6.07) is 12.5. The predicted molar refractivity (Wildman–Crippen MR) is 76.0 cm³/mol. The number of rotatable bonds is 4. The first kappa shape index (κ1) is 14.0. The van der Waals surface area contributed by atoms with Crippen molar-refractivity contribution in [1.29, 1.82) is 0 Å². The summed E-state index contributed by atoms with van der Waals surface area (Å²) in [7, 11) is 0. The summed E-state index contributed by atoms with van der Waals surface area (Å²) in [5, 5.41) is 10.4. The van der Waals surface area contributed by atoms with E-state index in [2.05, 4.69) is 0 Å². The third kappa shape index (κ3) is 4.05. The lowest BCUT2D eigenvalue weighted by Gasteiger charge is -2.12. The second kappa shape index (κ2) is 6.18. The van der Waals surface area contributed by atoms with Crippen LogP contribution in [0.15, 0.2) is 42.5 Å². The Hall–Kier alpha value is -1.38. The molecule has 19 heavy (non-hydrogen) atoms. The van der Waals surface area contributed by atoms with Gasteiger partial charge in [0.15, 0.2) is 0 Å². The van der Waals surface area contributed by atoms with Gasteiger partial charge in [-0.25, -0.2) is 4.39 Å². The Morgan fingerprint density at radius 2 is 1.79 bits per heavy atom. The summed E-state index contributed by atoms with van der Waals surface area (Å²) in [5.41, 5.74) is 2.72. The quantitative estimate of drug-likeness (QED) is 0.898. The maximum Gasteiger partial charge on any atom is 0.127 e. The molecular formula is C16H16ClFO. The minimum absolute atomic E-state index is 0.289. The Morgan fingerprint density at radius 1 is 1.11 bits per heavy atom. The van der Waals surface area contributed by atoms with E-state index in [1.165, 1.54) is 11.6 Å². The van der Waals surface area contributed by atoms with Gasteiger partial charge in [0, 0.05) is 11.4 Å². The van der Waals surface area contributed by atoms with Gasteiger partial charge in [0.05, 0.1) is 6.10 Å². The van der Waals surface area contributed by atoms with E-state index in [0.29, 0.717) is 17.0 Å².